The SMILES string of the molecule is CC(=O)NC(I)(c1cccc(-c2cnc3[nH]cc(C(=O)C(C)(C)C)c3n2)c1)C1(C)CCNC1. The first kappa shape index (κ1) is 23.8. The molecule has 174 valence electrons. The molecule has 0 saturated carbocycles. The van der Waals surface area contributed by atoms with Crippen LogP contribution in [-0.4, -0.2) is 39.7 Å². The minimum Gasteiger partial charge on any atom is -0.344 e. The smallest absolute Gasteiger partial charge is 0.218 e. The highest BCUT2D eigenvalue weighted by Gasteiger charge is 2.50. The van der Waals surface area contributed by atoms with Gasteiger partial charge in [-0.2, -0.15) is 0 Å². The number of carbonyl (C=O) groups is 2. The number of hydrogen-bond donors (Lipinski definition) is 3. The molecule has 2 aromatic heterocycles. The molecule has 2 unspecified atom stereocenters. The lowest BCUT2D eigenvalue weighted by molar-refractivity contribution is -0.120. The molecule has 1 aliphatic rings. The molecule has 1 fully saturated rings. The van der Waals surface area contributed by atoms with E-state index in [0.717, 1.165) is 30.6 Å². The highest BCUT2D eigenvalue weighted by Crippen LogP contribution is 2.49. The minimum atomic E-state index is -0.588. The van der Waals surface area contributed by atoms with Crippen molar-refractivity contribution in [3.8, 4) is 11.3 Å². The van der Waals surface area contributed by atoms with Gasteiger partial charge in [0.25, 0.3) is 0 Å². The number of nitrogens with zero attached hydrogens (tertiary/aromatic N) is 2. The number of aromatic amines is 1. The molecule has 3 N–H and O–H groups in total. The number of ketones is 1. The summed E-state index contributed by atoms with van der Waals surface area (Å²) in [6, 6.07) is 8.08. The van der Waals surface area contributed by atoms with Gasteiger partial charge in [0.1, 0.15) is 9.06 Å². The Kier molecular flexibility index (Phi) is 6.11. The molecule has 1 amide bonds. The fourth-order valence-corrected chi connectivity index (χ4v) is 5.60. The van der Waals surface area contributed by atoms with Gasteiger partial charge in [-0.05, 0) is 47.2 Å². The number of fused-ring (bicyclic) bond motifs is 1. The third-order valence-electron chi connectivity index (χ3n) is 6.41. The zero-order chi connectivity index (χ0) is 24.0. The molecular formula is C25H30IN5O2. The summed E-state index contributed by atoms with van der Waals surface area (Å²) in [5, 5.41) is 6.66. The Balaban J connectivity index is 1.80. The molecule has 1 saturated heterocycles. The second-order valence-corrected chi connectivity index (χ2v) is 11.8. The largest absolute Gasteiger partial charge is 0.344 e. The zero-order valence-corrected chi connectivity index (χ0v) is 21.8. The molecule has 3 aromatic rings. The summed E-state index contributed by atoms with van der Waals surface area (Å²) in [7, 11) is 0. The van der Waals surface area contributed by atoms with Crippen molar-refractivity contribution in [2.45, 2.75) is 44.6 Å². The molecule has 33 heavy (non-hydrogen) atoms. The van der Waals surface area contributed by atoms with Gasteiger partial charge in [0.05, 0.1) is 17.5 Å². The van der Waals surface area contributed by atoms with E-state index in [1.54, 1.807) is 19.3 Å². The molecular weight excluding hydrogens is 529 g/mol. The van der Waals surface area contributed by atoms with E-state index in [0.29, 0.717) is 22.4 Å². The van der Waals surface area contributed by atoms with Crippen molar-refractivity contribution in [2.75, 3.05) is 13.1 Å². The topological polar surface area (TPSA) is 99.8 Å². The van der Waals surface area contributed by atoms with Crippen LogP contribution in [0.2, 0.25) is 0 Å². The van der Waals surface area contributed by atoms with Gasteiger partial charge in [0.2, 0.25) is 5.91 Å². The van der Waals surface area contributed by atoms with Crippen LogP contribution in [0.25, 0.3) is 22.4 Å². The summed E-state index contributed by atoms with van der Waals surface area (Å²) in [5.41, 5.74) is 3.62. The maximum Gasteiger partial charge on any atom is 0.218 e. The predicted molar refractivity (Wildman–Crippen MR) is 138 cm³/mol. The van der Waals surface area contributed by atoms with Crippen LogP contribution in [0, 0.1) is 10.8 Å². The van der Waals surface area contributed by atoms with Gasteiger partial charge in [-0.1, -0.05) is 45.9 Å². The summed E-state index contributed by atoms with van der Waals surface area (Å²) in [6.07, 6.45) is 4.36. The van der Waals surface area contributed by atoms with Crippen molar-refractivity contribution in [1.82, 2.24) is 25.6 Å². The number of aromatic nitrogens is 3. The molecule has 3 heterocycles. The first-order valence-corrected chi connectivity index (χ1v) is 12.2. The van der Waals surface area contributed by atoms with Crippen LogP contribution in [0.1, 0.15) is 57.0 Å². The van der Waals surface area contributed by atoms with Crippen molar-refractivity contribution in [2.24, 2.45) is 10.8 Å². The van der Waals surface area contributed by atoms with E-state index in [-0.39, 0.29) is 17.1 Å². The fraction of sp³-hybridized carbons (Fsp3) is 0.440. The van der Waals surface area contributed by atoms with E-state index >= 15 is 0 Å². The van der Waals surface area contributed by atoms with E-state index < -0.39 is 8.96 Å². The van der Waals surface area contributed by atoms with Crippen molar-refractivity contribution in [3.63, 3.8) is 0 Å². The van der Waals surface area contributed by atoms with Gasteiger partial charge in [-0.25, -0.2) is 9.97 Å². The number of rotatable bonds is 5. The standard InChI is InChI=1S/C25H30IN5O2/c1-15(32)31-25(26,24(5)9-10-27-14-24)17-8-6-7-16(11-17)19-13-29-22-20(30-19)18(12-28-22)21(33)23(2,3)4/h6-8,11-13,27H,9-10,14H2,1-5H3,(H,28,29)(H,31,32). The predicted octanol–water partition coefficient (Wildman–Crippen LogP) is 4.58. The van der Waals surface area contributed by atoms with Crippen molar-refractivity contribution < 1.29 is 9.59 Å². The molecule has 0 aliphatic carbocycles. The molecule has 4 rings (SSSR count). The Hall–Kier alpha value is -2.33. The van der Waals surface area contributed by atoms with Crippen LogP contribution in [-0.2, 0) is 8.34 Å². The fourth-order valence-electron chi connectivity index (χ4n) is 4.43. The number of nitrogens with one attached hydrogen (secondary N) is 3. The van der Waals surface area contributed by atoms with E-state index in [1.165, 1.54) is 0 Å². The lowest BCUT2D eigenvalue weighted by Gasteiger charge is -2.43. The second-order valence-electron chi connectivity index (χ2n) is 10.1. The van der Waals surface area contributed by atoms with E-state index in [9.17, 15) is 9.59 Å². The monoisotopic (exact) mass is 559 g/mol. The van der Waals surface area contributed by atoms with Crippen LogP contribution in [0.15, 0.2) is 36.7 Å². The zero-order valence-electron chi connectivity index (χ0n) is 19.7. The Morgan fingerprint density at radius 1 is 1.24 bits per heavy atom. The first-order chi connectivity index (χ1) is 15.4. The van der Waals surface area contributed by atoms with Crippen LogP contribution < -0.4 is 10.6 Å². The average molecular weight is 559 g/mol. The molecule has 8 heteroatoms. The lowest BCUT2D eigenvalue weighted by atomic mass is 9.77. The molecule has 0 bridgehead atoms. The summed E-state index contributed by atoms with van der Waals surface area (Å²) in [5.74, 6) is -0.0469. The van der Waals surface area contributed by atoms with Gasteiger partial charge in [-0.15, -0.1) is 0 Å². The van der Waals surface area contributed by atoms with Gasteiger partial charge in [0, 0.05) is 36.1 Å². The number of Topliss-reactive ketones (excluding diaryl/α,β-unsaturated/α-hetero) is 1. The minimum absolute atomic E-state index is 0.0209. The van der Waals surface area contributed by atoms with Crippen LogP contribution in [0.5, 0.6) is 0 Å². The van der Waals surface area contributed by atoms with Crippen molar-refractivity contribution >= 4 is 45.4 Å². The molecule has 0 radical (unpaired) electrons. The number of amides is 1. The first-order valence-electron chi connectivity index (χ1n) is 11.1. The Bertz CT molecular complexity index is 1220. The normalized spacial score (nSPS) is 20.5. The molecule has 1 aromatic carbocycles. The second kappa shape index (κ2) is 8.47. The number of benzene rings is 1. The average Bonchev–Trinajstić information content (AvgIpc) is 3.39. The molecule has 1 aliphatic heterocycles. The lowest BCUT2D eigenvalue weighted by Crippen LogP contribution is -2.52. The number of carbonyl (C=O) groups excluding carboxylic acids is 2. The van der Waals surface area contributed by atoms with Gasteiger partial charge in [0.15, 0.2) is 11.4 Å². The quantitative estimate of drug-likeness (QED) is 0.184. The highest BCUT2D eigenvalue weighted by molar-refractivity contribution is 14.1. The van der Waals surface area contributed by atoms with Crippen LogP contribution in [0.3, 0.4) is 0 Å². The molecule has 7 nitrogen and oxygen atoms in total. The summed E-state index contributed by atoms with van der Waals surface area (Å²) >= 11 is 2.39. The number of halogens is 1. The maximum absolute atomic E-state index is 12.9. The Morgan fingerprint density at radius 2 is 2.00 bits per heavy atom. The van der Waals surface area contributed by atoms with Gasteiger partial charge in [-0.3, -0.25) is 9.59 Å². The van der Waals surface area contributed by atoms with Crippen LogP contribution in [0.4, 0.5) is 0 Å². The number of H-pyrrole nitrogens is 1. The number of alkyl halides is 1. The number of hydrogen-bond acceptors (Lipinski definition) is 5. The summed E-state index contributed by atoms with van der Waals surface area (Å²) in [4.78, 5) is 37.5. The Labute approximate surface area is 207 Å². The van der Waals surface area contributed by atoms with Crippen molar-refractivity contribution in [3.05, 3.63) is 47.8 Å². The summed E-state index contributed by atoms with van der Waals surface area (Å²) < 4.78 is -0.588. The molecule has 0 spiro atoms. The Morgan fingerprint density at radius 3 is 2.64 bits per heavy atom. The van der Waals surface area contributed by atoms with Crippen LogP contribution >= 0.6 is 22.6 Å². The van der Waals surface area contributed by atoms with Gasteiger partial charge < -0.3 is 15.6 Å². The summed E-state index contributed by atoms with van der Waals surface area (Å²) in [6.45, 7) is 11.2. The van der Waals surface area contributed by atoms with Gasteiger partial charge >= 0.3 is 0 Å². The van der Waals surface area contributed by atoms with Crippen molar-refractivity contribution in [1.29, 1.82) is 0 Å². The molecule has 2 atom stereocenters. The highest BCUT2D eigenvalue weighted by atomic mass is 127. The van der Waals surface area contributed by atoms with E-state index in [2.05, 4.69) is 56.2 Å². The third kappa shape index (κ3) is 4.30. The van der Waals surface area contributed by atoms with E-state index in [1.807, 2.05) is 39.0 Å². The van der Waals surface area contributed by atoms with E-state index in [4.69, 9.17) is 4.98 Å². The maximum atomic E-state index is 12.9. The third-order valence-corrected chi connectivity index (χ3v) is 8.61.